The maximum atomic E-state index is 12.4. The fraction of sp³-hybridized carbons (Fsp3) is 0.636. The Morgan fingerprint density at radius 1 is 1.56 bits per heavy atom. The molecule has 1 fully saturated rings. The van der Waals surface area contributed by atoms with Gasteiger partial charge in [-0.05, 0) is 26.2 Å². The molecule has 0 radical (unpaired) electrons. The van der Waals surface area contributed by atoms with Crippen LogP contribution >= 0.6 is 0 Å². The van der Waals surface area contributed by atoms with Crippen LogP contribution in [0.2, 0.25) is 0 Å². The van der Waals surface area contributed by atoms with Gasteiger partial charge in [0.2, 0.25) is 5.69 Å². The summed E-state index contributed by atoms with van der Waals surface area (Å²) in [5.41, 5.74) is -0.158. The molecule has 0 unspecified atom stereocenters. The van der Waals surface area contributed by atoms with Gasteiger partial charge in [-0.2, -0.15) is 5.10 Å². The van der Waals surface area contributed by atoms with Gasteiger partial charge in [0.25, 0.3) is 5.91 Å². The zero-order chi connectivity index (χ0) is 13.3. The Morgan fingerprint density at radius 3 is 2.89 bits per heavy atom. The summed E-state index contributed by atoms with van der Waals surface area (Å²) in [5, 5.41) is 14.7. The Balaban J connectivity index is 2.33. The molecule has 0 bridgehead atoms. The highest BCUT2D eigenvalue weighted by molar-refractivity contribution is 5.96. The summed E-state index contributed by atoms with van der Waals surface area (Å²) < 4.78 is 1.28. The largest absolute Gasteiger partial charge is 0.334 e. The topological polar surface area (TPSA) is 81.3 Å². The summed E-state index contributed by atoms with van der Waals surface area (Å²) in [6.45, 7) is 2.63. The van der Waals surface area contributed by atoms with E-state index in [0.29, 0.717) is 6.54 Å². The molecule has 1 aliphatic rings. The van der Waals surface area contributed by atoms with Crippen molar-refractivity contribution in [3.63, 3.8) is 0 Å². The second-order valence-electron chi connectivity index (χ2n) is 4.60. The van der Waals surface area contributed by atoms with Crippen LogP contribution < -0.4 is 0 Å². The molecule has 0 saturated carbocycles. The Bertz CT molecular complexity index is 483. The maximum Gasteiger partial charge on any atom is 0.320 e. The molecule has 1 aliphatic heterocycles. The van der Waals surface area contributed by atoms with Gasteiger partial charge in [-0.15, -0.1) is 0 Å². The SMILES string of the molecule is C[C@H]1CCCCN1C(=O)c1c([N+](=O)[O-])cnn1C. The van der Waals surface area contributed by atoms with Crippen LogP contribution in [0.3, 0.4) is 0 Å². The van der Waals surface area contributed by atoms with Crippen molar-refractivity contribution in [2.45, 2.75) is 32.2 Å². The van der Waals surface area contributed by atoms with Gasteiger partial charge in [-0.1, -0.05) is 0 Å². The lowest BCUT2D eigenvalue weighted by atomic mass is 10.0. The molecule has 1 aromatic heterocycles. The first-order valence-corrected chi connectivity index (χ1v) is 5.99. The number of aromatic nitrogens is 2. The predicted molar refractivity (Wildman–Crippen MR) is 64.2 cm³/mol. The van der Waals surface area contributed by atoms with Gasteiger partial charge in [0.15, 0.2) is 0 Å². The summed E-state index contributed by atoms with van der Waals surface area (Å²) in [4.78, 5) is 24.4. The molecule has 1 aromatic rings. The van der Waals surface area contributed by atoms with E-state index < -0.39 is 4.92 Å². The molecule has 0 N–H and O–H groups in total. The first-order valence-electron chi connectivity index (χ1n) is 5.99. The molecule has 1 atom stereocenters. The maximum absolute atomic E-state index is 12.4. The minimum absolute atomic E-state index is 0.0637. The van der Waals surface area contributed by atoms with E-state index in [4.69, 9.17) is 0 Å². The molecule has 7 nitrogen and oxygen atoms in total. The fourth-order valence-electron chi connectivity index (χ4n) is 2.34. The second-order valence-corrected chi connectivity index (χ2v) is 4.60. The minimum atomic E-state index is -0.561. The van der Waals surface area contributed by atoms with Crippen molar-refractivity contribution in [3.05, 3.63) is 22.0 Å². The number of carbonyl (C=O) groups excluding carboxylic acids is 1. The molecule has 98 valence electrons. The predicted octanol–water partition coefficient (Wildman–Crippen LogP) is 1.34. The molecule has 0 spiro atoms. The van der Waals surface area contributed by atoms with Crippen molar-refractivity contribution in [2.24, 2.45) is 7.05 Å². The lowest BCUT2D eigenvalue weighted by Crippen LogP contribution is -2.42. The molecule has 7 heteroatoms. The highest BCUT2D eigenvalue weighted by Crippen LogP contribution is 2.23. The number of nitro groups is 1. The van der Waals surface area contributed by atoms with Gasteiger partial charge in [0.1, 0.15) is 6.20 Å². The summed E-state index contributed by atoms with van der Waals surface area (Å²) >= 11 is 0. The van der Waals surface area contributed by atoms with Gasteiger partial charge in [0.05, 0.1) is 4.92 Å². The monoisotopic (exact) mass is 252 g/mol. The average Bonchev–Trinajstić information content (AvgIpc) is 2.71. The van der Waals surface area contributed by atoms with Crippen molar-refractivity contribution in [2.75, 3.05) is 6.54 Å². The van der Waals surface area contributed by atoms with E-state index >= 15 is 0 Å². The van der Waals surface area contributed by atoms with Crippen molar-refractivity contribution < 1.29 is 9.72 Å². The van der Waals surface area contributed by atoms with E-state index in [1.54, 1.807) is 11.9 Å². The van der Waals surface area contributed by atoms with Crippen molar-refractivity contribution in [1.82, 2.24) is 14.7 Å². The van der Waals surface area contributed by atoms with E-state index in [0.717, 1.165) is 25.5 Å². The molecular formula is C11H16N4O3. The number of piperidine rings is 1. The molecule has 18 heavy (non-hydrogen) atoms. The van der Waals surface area contributed by atoms with Crippen molar-refractivity contribution in [3.8, 4) is 0 Å². The summed E-state index contributed by atoms with van der Waals surface area (Å²) in [7, 11) is 1.55. The van der Waals surface area contributed by atoms with Gasteiger partial charge >= 0.3 is 5.69 Å². The van der Waals surface area contributed by atoms with Crippen LogP contribution in [0, 0.1) is 10.1 Å². The van der Waals surface area contributed by atoms with Gasteiger partial charge in [-0.3, -0.25) is 19.6 Å². The number of likely N-dealkylation sites (tertiary alicyclic amines) is 1. The third-order valence-electron chi connectivity index (χ3n) is 3.38. The Kier molecular flexibility index (Phi) is 3.31. The van der Waals surface area contributed by atoms with E-state index in [9.17, 15) is 14.9 Å². The normalized spacial score (nSPS) is 19.9. The smallest absolute Gasteiger partial charge is 0.320 e. The molecule has 0 aliphatic carbocycles. The van der Waals surface area contributed by atoms with Crippen LogP contribution in [0.4, 0.5) is 5.69 Å². The minimum Gasteiger partial charge on any atom is -0.334 e. The Morgan fingerprint density at radius 2 is 2.28 bits per heavy atom. The van der Waals surface area contributed by atoms with Gasteiger partial charge in [0, 0.05) is 19.6 Å². The molecular weight excluding hydrogens is 236 g/mol. The zero-order valence-electron chi connectivity index (χ0n) is 10.5. The lowest BCUT2D eigenvalue weighted by molar-refractivity contribution is -0.385. The van der Waals surface area contributed by atoms with Crippen LogP contribution in [0.5, 0.6) is 0 Å². The lowest BCUT2D eigenvalue weighted by Gasteiger charge is -2.33. The molecule has 2 rings (SSSR count). The molecule has 0 aromatic carbocycles. The van der Waals surface area contributed by atoms with E-state index in [1.165, 1.54) is 4.68 Å². The number of rotatable bonds is 2. The highest BCUT2D eigenvalue weighted by atomic mass is 16.6. The average molecular weight is 252 g/mol. The quantitative estimate of drug-likeness (QED) is 0.587. The number of aryl methyl sites for hydroxylation is 1. The number of carbonyl (C=O) groups is 1. The highest BCUT2D eigenvalue weighted by Gasteiger charge is 2.32. The Labute approximate surface area is 105 Å². The fourth-order valence-corrected chi connectivity index (χ4v) is 2.34. The number of nitrogens with zero attached hydrogens (tertiary/aromatic N) is 4. The number of amides is 1. The summed E-state index contributed by atoms with van der Waals surface area (Å²) in [6, 6.07) is 0.126. The van der Waals surface area contributed by atoms with Gasteiger partial charge in [-0.25, -0.2) is 0 Å². The van der Waals surface area contributed by atoms with E-state index in [1.807, 2.05) is 6.92 Å². The van der Waals surface area contributed by atoms with E-state index in [2.05, 4.69) is 5.10 Å². The first kappa shape index (κ1) is 12.5. The molecule has 1 amide bonds. The van der Waals surface area contributed by atoms with Crippen LogP contribution in [0.1, 0.15) is 36.7 Å². The van der Waals surface area contributed by atoms with E-state index in [-0.39, 0.29) is 23.3 Å². The summed E-state index contributed by atoms with van der Waals surface area (Å²) in [5.74, 6) is -0.297. The number of hydrogen-bond donors (Lipinski definition) is 0. The zero-order valence-corrected chi connectivity index (χ0v) is 10.5. The molecule has 2 heterocycles. The third kappa shape index (κ3) is 2.07. The number of hydrogen-bond acceptors (Lipinski definition) is 4. The van der Waals surface area contributed by atoms with Crippen molar-refractivity contribution in [1.29, 1.82) is 0 Å². The summed E-state index contributed by atoms with van der Waals surface area (Å²) in [6.07, 6.45) is 4.11. The third-order valence-corrected chi connectivity index (χ3v) is 3.38. The van der Waals surface area contributed by atoms with Crippen LogP contribution in [-0.4, -0.2) is 38.1 Å². The van der Waals surface area contributed by atoms with Crippen LogP contribution in [0.15, 0.2) is 6.20 Å². The van der Waals surface area contributed by atoms with Crippen LogP contribution in [0.25, 0.3) is 0 Å². The first-order chi connectivity index (χ1) is 8.52. The van der Waals surface area contributed by atoms with Gasteiger partial charge < -0.3 is 4.90 Å². The second kappa shape index (κ2) is 4.75. The van der Waals surface area contributed by atoms with Crippen molar-refractivity contribution >= 4 is 11.6 Å². The Hall–Kier alpha value is -1.92. The van der Waals surface area contributed by atoms with Crippen LogP contribution in [-0.2, 0) is 7.05 Å². The molecule has 1 saturated heterocycles. The standard InChI is InChI=1S/C11H16N4O3/c1-8-5-3-4-6-14(8)11(16)10-9(15(17)18)7-12-13(10)2/h7-8H,3-6H2,1-2H3/t8-/m0/s1.